The van der Waals surface area contributed by atoms with Gasteiger partial charge in [-0.15, -0.1) is 0 Å². The van der Waals surface area contributed by atoms with Crippen molar-refractivity contribution in [1.82, 2.24) is 9.21 Å². The van der Waals surface area contributed by atoms with E-state index >= 15 is 0 Å². The molecule has 0 atom stereocenters. The maximum Gasteiger partial charge on any atom is 0.243 e. The monoisotopic (exact) mass is 354 g/mol. The van der Waals surface area contributed by atoms with Crippen LogP contribution in [0.1, 0.15) is 25.3 Å². The van der Waals surface area contributed by atoms with Crippen molar-refractivity contribution in [2.75, 3.05) is 39.4 Å². The molecule has 0 unspecified atom stereocenters. The van der Waals surface area contributed by atoms with E-state index in [1.165, 1.54) is 4.31 Å². The van der Waals surface area contributed by atoms with E-state index in [0.29, 0.717) is 57.1 Å². The molecule has 0 bridgehead atoms. The lowest BCUT2D eigenvalue weighted by atomic mass is 10.2. The van der Waals surface area contributed by atoms with E-state index in [4.69, 9.17) is 4.74 Å². The minimum Gasteiger partial charge on any atom is -0.382 e. The first-order valence-corrected chi connectivity index (χ1v) is 9.81. The summed E-state index contributed by atoms with van der Waals surface area (Å²) in [6.07, 6.45) is 1.15. The lowest BCUT2D eigenvalue weighted by Crippen LogP contribution is -2.50. The quantitative estimate of drug-likeness (QED) is 0.698. The van der Waals surface area contributed by atoms with Crippen molar-refractivity contribution >= 4 is 15.9 Å². The third kappa shape index (κ3) is 4.78. The Hall–Kier alpha value is -1.44. The molecule has 134 valence electrons. The second-order valence-corrected chi connectivity index (χ2v) is 7.84. The SMILES string of the molecule is CCOCCCC(=O)N1CCN(S(=O)(=O)c2ccc(C)cc2)CC1. The zero-order chi connectivity index (χ0) is 17.6. The predicted molar refractivity (Wildman–Crippen MR) is 92.2 cm³/mol. The Bertz CT molecular complexity index is 635. The third-order valence-electron chi connectivity index (χ3n) is 4.13. The summed E-state index contributed by atoms with van der Waals surface area (Å²) in [5.41, 5.74) is 1.02. The van der Waals surface area contributed by atoms with Crippen molar-refractivity contribution in [3.05, 3.63) is 29.8 Å². The largest absolute Gasteiger partial charge is 0.382 e. The average Bonchev–Trinajstić information content (AvgIpc) is 2.59. The topological polar surface area (TPSA) is 66.9 Å². The highest BCUT2D eigenvalue weighted by Crippen LogP contribution is 2.18. The van der Waals surface area contributed by atoms with Crippen molar-refractivity contribution in [3.8, 4) is 0 Å². The van der Waals surface area contributed by atoms with Crippen LogP contribution in [0.15, 0.2) is 29.2 Å². The number of benzene rings is 1. The fraction of sp³-hybridized carbons (Fsp3) is 0.588. The van der Waals surface area contributed by atoms with E-state index in [9.17, 15) is 13.2 Å². The summed E-state index contributed by atoms with van der Waals surface area (Å²) in [4.78, 5) is 14.2. The van der Waals surface area contributed by atoms with Gasteiger partial charge in [-0.1, -0.05) is 17.7 Å². The number of sulfonamides is 1. The van der Waals surface area contributed by atoms with Crippen LogP contribution in [-0.2, 0) is 19.6 Å². The van der Waals surface area contributed by atoms with E-state index in [-0.39, 0.29) is 5.91 Å². The molecule has 0 aromatic heterocycles. The number of hydrogen-bond donors (Lipinski definition) is 0. The molecule has 1 amide bonds. The van der Waals surface area contributed by atoms with E-state index < -0.39 is 10.0 Å². The fourth-order valence-corrected chi connectivity index (χ4v) is 4.09. The second kappa shape index (κ2) is 8.60. The molecule has 1 saturated heterocycles. The predicted octanol–water partition coefficient (Wildman–Crippen LogP) is 1.64. The molecule has 2 rings (SSSR count). The molecular formula is C17H26N2O4S. The third-order valence-corrected chi connectivity index (χ3v) is 6.05. The molecule has 0 N–H and O–H groups in total. The van der Waals surface area contributed by atoms with E-state index in [1.807, 2.05) is 13.8 Å². The minimum absolute atomic E-state index is 0.0714. The summed E-state index contributed by atoms with van der Waals surface area (Å²) in [5.74, 6) is 0.0714. The number of rotatable bonds is 7. The molecule has 0 aliphatic carbocycles. The molecule has 24 heavy (non-hydrogen) atoms. The smallest absolute Gasteiger partial charge is 0.243 e. The average molecular weight is 354 g/mol. The molecule has 1 heterocycles. The van der Waals surface area contributed by atoms with Crippen LogP contribution in [0.25, 0.3) is 0 Å². The zero-order valence-corrected chi connectivity index (χ0v) is 15.2. The molecule has 6 nitrogen and oxygen atoms in total. The summed E-state index contributed by atoms with van der Waals surface area (Å²) in [5, 5.41) is 0. The summed E-state index contributed by atoms with van der Waals surface area (Å²) in [6, 6.07) is 6.86. The van der Waals surface area contributed by atoms with Crippen molar-refractivity contribution < 1.29 is 17.9 Å². The Morgan fingerprint density at radius 1 is 1.12 bits per heavy atom. The van der Waals surface area contributed by atoms with Gasteiger partial charge in [-0.25, -0.2) is 8.42 Å². The maximum absolute atomic E-state index is 12.6. The van der Waals surface area contributed by atoms with Gasteiger partial charge in [0.25, 0.3) is 0 Å². The van der Waals surface area contributed by atoms with Gasteiger partial charge in [0, 0.05) is 45.8 Å². The van der Waals surface area contributed by atoms with E-state index in [0.717, 1.165) is 5.56 Å². The summed E-state index contributed by atoms with van der Waals surface area (Å²) in [6.45, 7) is 6.66. The van der Waals surface area contributed by atoms with Gasteiger partial charge in [-0.2, -0.15) is 4.31 Å². The number of piperazine rings is 1. The van der Waals surface area contributed by atoms with Gasteiger partial charge in [0.15, 0.2) is 0 Å². The summed E-state index contributed by atoms with van der Waals surface area (Å²) < 4.78 is 31.9. The van der Waals surface area contributed by atoms with Crippen LogP contribution < -0.4 is 0 Å². The van der Waals surface area contributed by atoms with Crippen molar-refractivity contribution in [2.24, 2.45) is 0 Å². The normalized spacial score (nSPS) is 16.3. The van der Waals surface area contributed by atoms with Crippen molar-refractivity contribution in [1.29, 1.82) is 0 Å². The minimum atomic E-state index is -3.48. The number of amides is 1. The Labute approximate surface area is 144 Å². The van der Waals surface area contributed by atoms with Gasteiger partial charge in [-0.05, 0) is 32.4 Å². The summed E-state index contributed by atoms with van der Waals surface area (Å²) >= 11 is 0. The second-order valence-electron chi connectivity index (χ2n) is 5.90. The standard InChI is InChI=1S/C17H26N2O4S/c1-3-23-14-4-5-17(20)18-10-12-19(13-11-18)24(21,22)16-8-6-15(2)7-9-16/h6-9H,3-5,10-14H2,1-2H3. The maximum atomic E-state index is 12.6. The molecule has 0 saturated carbocycles. The highest BCUT2D eigenvalue weighted by Gasteiger charge is 2.29. The van der Waals surface area contributed by atoms with Crippen LogP contribution >= 0.6 is 0 Å². The molecule has 0 radical (unpaired) electrons. The Morgan fingerprint density at radius 2 is 1.75 bits per heavy atom. The Morgan fingerprint density at radius 3 is 2.33 bits per heavy atom. The van der Waals surface area contributed by atoms with E-state index in [2.05, 4.69) is 0 Å². The first-order valence-electron chi connectivity index (χ1n) is 8.37. The van der Waals surface area contributed by atoms with Crippen molar-refractivity contribution in [2.45, 2.75) is 31.6 Å². The van der Waals surface area contributed by atoms with Gasteiger partial charge in [-0.3, -0.25) is 4.79 Å². The van der Waals surface area contributed by atoms with Gasteiger partial charge in [0.2, 0.25) is 15.9 Å². The molecular weight excluding hydrogens is 328 g/mol. The molecule has 0 spiro atoms. The highest BCUT2D eigenvalue weighted by molar-refractivity contribution is 7.89. The first-order chi connectivity index (χ1) is 11.4. The molecule has 1 fully saturated rings. The molecule has 1 aromatic carbocycles. The van der Waals surface area contributed by atoms with Gasteiger partial charge in [0.1, 0.15) is 0 Å². The Balaban J connectivity index is 1.87. The lowest BCUT2D eigenvalue weighted by molar-refractivity contribution is -0.132. The van der Waals surface area contributed by atoms with Crippen LogP contribution in [0.4, 0.5) is 0 Å². The number of ether oxygens (including phenoxy) is 1. The number of aryl methyl sites for hydroxylation is 1. The molecule has 1 aliphatic heterocycles. The van der Waals surface area contributed by atoms with Crippen LogP contribution in [0.2, 0.25) is 0 Å². The fourth-order valence-electron chi connectivity index (χ4n) is 2.67. The number of carbonyl (C=O) groups excluding carboxylic acids is 1. The van der Waals surface area contributed by atoms with Crippen LogP contribution in [0.5, 0.6) is 0 Å². The van der Waals surface area contributed by atoms with Gasteiger partial charge >= 0.3 is 0 Å². The van der Waals surface area contributed by atoms with Crippen LogP contribution in [-0.4, -0.2) is 62.9 Å². The summed E-state index contributed by atoms with van der Waals surface area (Å²) in [7, 11) is -3.48. The molecule has 1 aromatic rings. The molecule has 7 heteroatoms. The van der Waals surface area contributed by atoms with Gasteiger partial charge < -0.3 is 9.64 Å². The number of carbonyl (C=O) groups is 1. The lowest BCUT2D eigenvalue weighted by Gasteiger charge is -2.34. The van der Waals surface area contributed by atoms with Gasteiger partial charge in [0.05, 0.1) is 4.90 Å². The van der Waals surface area contributed by atoms with Crippen LogP contribution in [0.3, 0.4) is 0 Å². The van der Waals surface area contributed by atoms with Crippen LogP contribution in [0, 0.1) is 6.92 Å². The van der Waals surface area contributed by atoms with Crippen molar-refractivity contribution in [3.63, 3.8) is 0 Å². The van der Waals surface area contributed by atoms with E-state index in [1.54, 1.807) is 29.2 Å². The zero-order valence-electron chi connectivity index (χ0n) is 14.4. The Kier molecular flexibility index (Phi) is 6.77. The highest BCUT2D eigenvalue weighted by atomic mass is 32.2. The number of nitrogens with zero attached hydrogens (tertiary/aromatic N) is 2. The first kappa shape index (κ1) is 18.9. The number of hydrogen-bond acceptors (Lipinski definition) is 4. The molecule has 1 aliphatic rings.